The number of rotatable bonds is 4. The second-order valence-corrected chi connectivity index (χ2v) is 2.05. The van der Waals surface area contributed by atoms with Crippen LogP contribution in [0.5, 0.6) is 0 Å². The van der Waals surface area contributed by atoms with Crippen LogP contribution in [0.25, 0.3) is 0 Å². The summed E-state index contributed by atoms with van der Waals surface area (Å²) < 4.78 is 8.71. The molecule has 1 N–H and O–H groups in total. The lowest BCUT2D eigenvalue weighted by Crippen LogP contribution is -2.25. The molecule has 0 unspecified atom stereocenters. The van der Waals surface area contributed by atoms with Gasteiger partial charge in [0, 0.05) is 6.92 Å². The van der Waals surface area contributed by atoms with Gasteiger partial charge in [0.05, 0.1) is 6.54 Å². The molecule has 0 saturated carbocycles. The summed E-state index contributed by atoms with van der Waals surface area (Å²) in [6, 6.07) is -0.237. The standard InChI is InChI=1S/C6H10ClNO4/c1-5(9)8-2-3-11-6(10)12-4-7/h2-4H2,1H3,(H,8,9). The fourth-order valence-electron chi connectivity index (χ4n) is 0.448. The number of nitrogens with one attached hydrogen (secondary N) is 1. The monoisotopic (exact) mass is 195 g/mol. The summed E-state index contributed by atoms with van der Waals surface area (Å²) in [6.07, 6.45) is -0.838. The van der Waals surface area contributed by atoms with Crippen molar-refractivity contribution in [2.24, 2.45) is 0 Å². The molecule has 0 aliphatic rings. The summed E-state index contributed by atoms with van der Waals surface area (Å²) in [5.74, 6) is -0.177. The van der Waals surface area contributed by atoms with Crippen LogP contribution in [-0.4, -0.2) is 31.3 Å². The Balaban J connectivity index is 3.19. The molecule has 1 amide bonds. The van der Waals surface area contributed by atoms with E-state index in [1.165, 1.54) is 6.92 Å². The van der Waals surface area contributed by atoms with Gasteiger partial charge in [-0.25, -0.2) is 4.79 Å². The normalized spacial score (nSPS) is 8.83. The maximum atomic E-state index is 10.4. The Bertz CT molecular complexity index is 162. The molecule has 0 rings (SSSR count). The topological polar surface area (TPSA) is 64.6 Å². The SMILES string of the molecule is CC(=O)NCCOC(=O)OCCl. The van der Waals surface area contributed by atoms with Crippen molar-refractivity contribution in [2.45, 2.75) is 6.92 Å². The van der Waals surface area contributed by atoms with Crippen molar-refractivity contribution in [1.82, 2.24) is 5.32 Å². The van der Waals surface area contributed by atoms with Crippen molar-refractivity contribution in [3.63, 3.8) is 0 Å². The molecule has 0 aromatic carbocycles. The number of amides is 1. The van der Waals surface area contributed by atoms with Crippen molar-refractivity contribution in [3.8, 4) is 0 Å². The van der Waals surface area contributed by atoms with Gasteiger partial charge in [0.25, 0.3) is 0 Å². The highest BCUT2D eigenvalue weighted by molar-refractivity contribution is 6.17. The van der Waals surface area contributed by atoms with Crippen molar-refractivity contribution in [2.75, 3.05) is 19.2 Å². The van der Waals surface area contributed by atoms with Gasteiger partial charge < -0.3 is 14.8 Å². The molecule has 5 nitrogen and oxygen atoms in total. The van der Waals surface area contributed by atoms with Gasteiger partial charge in [0.1, 0.15) is 6.61 Å². The first-order valence-electron chi connectivity index (χ1n) is 3.26. The predicted molar refractivity (Wildman–Crippen MR) is 41.8 cm³/mol. The highest BCUT2D eigenvalue weighted by Gasteiger charge is 2.00. The third-order valence-electron chi connectivity index (χ3n) is 0.868. The third kappa shape index (κ3) is 7.14. The van der Waals surface area contributed by atoms with Gasteiger partial charge in [0.2, 0.25) is 5.91 Å². The molecule has 0 fully saturated rings. The van der Waals surface area contributed by atoms with E-state index >= 15 is 0 Å². The van der Waals surface area contributed by atoms with Crippen LogP contribution in [0.4, 0.5) is 4.79 Å². The molecular weight excluding hydrogens is 186 g/mol. The number of ether oxygens (including phenoxy) is 2. The Morgan fingerprint density at radius 1 is 1.42 bits per heavy atom. The molecule has 6 heteroatoms. The fraction of sp³-hybridized carbons (Fsp3) is 0.667. The zero-order valence-corrected chi connectivity index (χ0v) is 7.39. The molecule has 0 radical (unpaired) electrons. The minimum absolute atomic E-state index is 0.0787. The molecule has 0 aliphatic carbocycles. The van der Waals surface area contributed by atoms with Crippen LogP contribution in [0.1, 0.15) is 6.92 Å². The summed E-state index contributed by atoms with van der Waals surface area (Å²) >= 11 is 5.07. The van der Waals surface area contributed by atoms with Gasteiger partial charge in [0.15, 0.2) is 6.07 Å². The lowest BCUT2D eigenvalue weighted by atomic mass is 10.6. The van der Waals surface area contributed by atoms with E-state index in [2.05, 4.69) is 14.8 Å². The number of halogens is 1. The molecule has 0 aromatic heterocycles. The van der Waals surface area contributed by atoms with E-state index < -0.39 is 6.16 Å². The molecule has 0 atom stereocenters. The summed E-state index contributed by atoms with van der Waals surface area (Å²) in [6.45, 7) is 1.72. The molecule has 0 bridgehead atoms. The predicted octanol–water partition coefficient (Wildman–Crippen LogP) is 0.472. The number of hydrogen-bond acceptors (Lipinski definition) is 4. The minimum Gasteiger partial charge on any atom is -0.432 e. The highest BCUT2D eigenvalue weighted by atomic mass is 35.5. The first kappa shape index (κ1) is 11.0. The van der Waals surface area contributed by atoms with E-state index in [-0.39, 0.29) is 25.1 Å². The van der Waals surface area contributed by atoms with E-state index in [1.54, 1.807) is 0 Å². The van der Waals surface area contributed by atoms with Crippen molar-refractivity contribution in [3.05, 3.63) is 0 Å². The smallest absolute Gasteiger partial charge is 0.432 e. The lowest BCUT2D eigenvalue weighted by molar-refractivity contribution is -0.119. The summed E-state index contributed by atoms with van der Waals surface area (Å²) in [4.78, 5) is 20.8. The maximum Gasteiger partial charge on any atom is 0.509 e. The maximum absolute atomic E-state index is 10.4. The Hall–Kier alpha value is -0.970. The molecule has 0 saturated heterocycles. The number of carbonyl (C=O) groups is 2. The molecule has 0 heterocycles. The van der Waals surface area contributed by atoms with Gasteiger partial charge in [-0.15, -0.1) is 0 Å². The van der Waals surface area contributed by atoms with Crippen LogP contribution in [0.15, 0.2) is 0 Å². The quantitative estimate of drug-likeness (QED) is 0.403. The van der Waals surface area contributed by atoms with Crippen LogP contribution in [0.2, 0.25) is 0 Å². The summed E-state index contributed by atoms with van der Waals surface area (Å²) in [7, 11) is 0. The summed E-state index contributed by atoms with van der Waals surface area (Å²) in [5.41, 5.74) is 0. The Morgan fingerprint density at radius 3 is 2.58 bits per heavy atom. The van der Waals surface area contributed by atoms with E-state index in [9.17, 15) is 9.59 Å². The molecule has 0 aliphatic heterocycles. The molecule has 12 heavy (non-hydrogen) atoms. The Kier molecular flexibility index (Phi) is 6.18. The van der Waals surface area contributed by atoms with Gasteiger partial charge >= 0.3 is 6.16 Å². The lowest BCUT2D eigenvalue weighted by Gasteiger charge is -2.03. The van der Waals surface area contributed by atoms with Crippen molar-refractivity contribution < 1.29 is 19.1 Å². The van der Waals surface area contributed by atoms with Gasteiger partial charge in [-0.2, -0.15) is 0 Å². The average molecular weight is 196 g/mol. The molecule has 0 aromatic rings. The van der Waals surface area contributed by atoms with E-state index in [0.717, 1.165) is 0 Å². The van der Waals surface area contributed by atoms with Crippen LogP contribution < -0.4 is 5.32 Å². The number of carbonyl (C=O) groups excluding carboxylic acids is 2. The minimum atomic E-state index is -0.838. The average Bonchev–Trinajstić information content (AvgIpc) is 1.98. The van der Waals surface area contributed by atoms with Crippen molar-refractivity contribution in [1.29, 1.82) is 0 Å². The first-order chi connectivity index (χ1) is 5.66. The van der Waals surface area contributed by atoms with Crippen LogP contribution in [0, 0.1) is 0 Å². The Labute approximate surface area is 75.0 Å². The molecular formula is C6H10ClNO4. The third-order valence-corrected chi connectivity index (χ3v) is 0.977. The highest BCUT2D eigenvalue weighted by Crippen LogP contribution is 1.86. The molecule has 70 valence electrons. The number of hydrogen-bond donors (Lipinski definition) is 1. The second-order valence-electron chi connectivity index (χ2n) is 1.83. The van der Waals surface area contributed by atoms with Crippen LogP contribution in [-0.2, 0) is 14.3 Å². The van der Waals surface area contributed by atoms with Gasteiger partial charge in [-0.1, -0.05) is 11.6 Å². The summed E-state index contributed by atoms with van der Waals surface area (Å²) in [5, 5.41) is 2.44. The second kappa shape index (κ2) is 6.72. The van der Waals surface area contributed by atoms with Crippen LogP contribution in [0.3, 0.4) is 0 Å². The molecule has 0 spiro atoms. The zero-order chi connectivity index (χ0) is 9.40. The zero-order valence-electron chi connectivity index (χ0n) is 6.63. The van der Waals surface area contributed by atoms with Crippen molar-refractivity contribution >= 4 is 23.7 Å². The van der Waals surface area contributed by atoms with E-state index in [1.807, 2.05) is 0 Å². The fourth-order valence-corrected chi connectivity index (χ4v) is 0.537. The Morgan fingerprint density at radius 2 is 2.08 bits per heavy atom. The van der Waals surface area contributed by atoms with Crippen LogP contribution >= 0.6 is 11.6 Å². The van der Waals surface area contributed by atoms with Gasteiger partial charge in [-0.05, 0) is 0 Å². The van der Waals surface area contributed by atoms with Gasteiger partial charge in [-0.3, -0.25) is 4.79 Å². The first-order valence-corrected chi connectivity index (χ1v) is 3.80. The van der Waals surface area contributed by atoms with E-state index in [0.29, 0.717) is 0 Å². The van der Waals surface area contributed by atoms with E-state index in [4.69, 9.17) is 11.6 Å². The largest absolute Gasteiger partial charge is 0.509 e. The number of alkyl halides is 1.